The molecular formula is C23H24N4O. The molecule has 1 aliphatic carbocycles. The second-order valence-corrected chi connectivity index (χ2v) is 7.73. The van der Waals surface area contributed by atoms with Crippen molar-refractivity contribution in [3.63, 3.8) is 0 Å². The minimum atomic E-state index is -0.127. The van der Waals surface area contributed by atoms with Gasteiger partial charge in [-0.15, -0.1) is 0 Å². The summed E-state index contributed by atoms with van der Waals surface area (Å²) in [4.78, 5) is 21.3. The zero-order valence-corrected chi connectivity index (χ0v) is 16.2. The van der Waals surface area contributed by atoms with Crippen LogP contribution in [0.3, 0.4) is 0 Å². The number of hydrogen-bond donors (Lipinski definition) is 2. The van der Waals surface area contributed by atoms with Crippen LogP contribution in [0.25, 0.3) is 11.3 Å². The average Bonchev–Trinajstić information content (AvgIpc) is 3.42. The van der Waals surface area contributed by atoms with Gasteiger partial charge in [0.2, 0.25) is 5.95 Å². The molecule has 0 aliphatic heterocycles. The second kappa shape index (κ2) is 7.08. The third-order valence-electron chi connectivity index (χ3n) is 5.19. The van der Waals surface area contributed by atoms with Crippen molar-refractivity contribution in [3.05, 3.63) is 77.0 Å². The first-order valence-corrected chi connectivity index (χ1v) is 9.52. The van der Waals surface area contributed by atoms with Gasteiger partial charge >= 0.3 is 0 Å². The largest absolute Gasteiger partial charge is 0.368 e. The smallest absolute Gasteiger partial charge is 0.251 e. The van der Waals surface area contributed by atoms with Crippen LogP contribution < -0.4 is 11.1 Å². The lowest BCUT2D eigenvalue weighted by Crippen LogP contribution is -2.38. The summed E-state index contributed by atoms with van der Waals surface area (Å²) in [7, 11) is 0. The van der Waals surface area contributed by atoms with Gasteiger partial charge in [-0.25, -0.2) is 9.97 Å². The molecule has 1 aliphatic rings. The van der Waals surface area contributed by atoms with Gasteiger partial charge in [0.15, 0.2) is 0 Å². The monoisotopic (exact) mass is 372 g/mol. The van der Waals surface area contributed by atoms with Gasteiger partial charge in [-0.2, -0.15) is 0 Å². The van der Waals surface area contributed by atoms with E-state index in [0.29, 0.717) is 5.56 Å². The number of nitrogens with two attached hydrogens (primary N) is 1. The van der Waals surface area contributed by atoms with Gasteiger partial charge < -0.3 is 11.1 Å². The Morgan fingerprint density at radius 3 is 2.50 bits per heavy atom. The highest BCUT2D eigenvalue weighted by molar-refractivity contribution is 5.96. The van der Waals surface area contributed by atoms with Crippen molar-refractivity contribution in [2.45, 2.75) is 38.6 Å². The highest BCUT2D eigenvalue weighted by atomic mass is 16.1. The van der Waals surface area contributed by atoms with Crippen molar-refractivity contribution in [1.82, 2.24) is 15.3 Å². The number of carbonyl (C=O) groups excluding carboxylic acids is 1. The zero-order valence-electron chi connectivity index (χ0n) is 16.2. The van der Waals surface area contributed by atoms with E-state index < -0.39 is 0 Å². The van der Waals surface area contributed by atoms with E-state index in [1.807, 2.05) is 37.3 Å². The number of anilines is 1. The van der Waals surface area contributed by atoms with Crippen LogP contribution in [0.5, 0.6) is 0 Å². The lowest BCUT2D eigenvalue weighted by atomic mass is 10.0. The highest BCUT2D eigenvalue weighted by Crippen LogP contribution is 2.39. The molecule has 0 unspecified atom stereocenters. The molecule has 0 atom stereocenters. The number of hydrogen-bond acceptors (Lipinski definition) is 4. The molecule has 2 aromatic carbocycles. The Balaban J connectivity index is 1.51. The van der Waals surface area contributed by atoms with Crippen molar-refractivity contribution in [1.29, 1.82) is 0 Å². The summed E-state index contributed by atoms with van der Waals surface area (Å²) in [6.45, 7) is 3.96. The molecule has 3 N–H and O–H groups in total. The Kier molecular flexibility index (Phi) is 4.59. The zero-order chi connectivity index (χ0) is 19.7. The molecule has 0 spiro atoms. The van der Waals surface area contributed by atoms with E-state index in [1.165, 1.54) is 11.1 Å². The molecule has 0 radical (unpaired) electrons. The van der Waals surface area contributed by atoms with E-state index in [1.54, 1.807) is 0 Å². The predicted molar refractivity (Wildman–Crippen MR) is 111 cm³/mol. The number of carbonyl (C=O) groups is 1. The number of nitrogen functional groups attached to an aromatic ring is 1. The van der Waals surface area contributed by atoms with Crippen molar-refractivity contribution in [2.24, 2.45) is 0 Å². The number of amides is 1. The minimum Gasteiger partial charge on any atom is -0.368 e. The normalized spacial score (nSPS) is 14.5. The van der Waals surface area contributed by atoms with Gasteiger partial charge in [0.1, 0.15) is 0 Å². The Morgan fingerprint density at radius 2 is 1.82 bits per heavy atom. The fourth-order valence-corrected chi connectivity index (χ4v) is 3.47. The predicted octanol–water partition coefficient (Wildman–Crippen LogP) is 3.85. The average molecular weight is 372 g/mol. The highest BCUT2D eigenvalue weighted by Gasteiger charge is 2.44. The molecule has 28 heavy (non-hydrogen) atoms. The molecule has 5 nitrogen and oxygen atoms in total. The molecule has 1 saturated carbocycles. The molecule has 1 fully saturated rings. The first kappa shape index (κ1) is 18.2. The van der Waals surface area contributed by atoms with Crippen LogP contribution in [-0.4, -0.2) is 21.4 Å². The first-order valence-electron chi connectivity index (χ1n) is 9.52. The summed E-state index contributed by atoms with van der Waals surface area (Å²) in [6.07, 6.45) is 2.88. The van der Waals surface area contributed by atoms with Crippen LogP contribution in [0, 0.1) is 13.8 Å². The molecule has 1 heterocycles. The minimum absolute atomic E-state index is 0.0507. The van der Waals surface area contributed by atoms with E-state index in [4.69, 9.17) is 5.73 Å². The van der Waals surface area contributed by atoms with Gasteiger partial charge in [0, 0.05) is 22.4 Å². The molecular weight excluding hydrogens is 348 g/mol. The Morgan fingerprint density at radius 1 is 1.07 bits per heavy atom. The number of nitrogens with zero attached hydrogens (tertiary/aromatic N) is 2. The molecule has 1 aromatic heterocycles. The third-order valence-corrected chi connectivity index (χ3v) is 5.19. The second-order valence-electron chi connectivity index (χ2n) is 7.73. The van der Waals surface area contributed by atoms with E-state index in [2.05, 4.69) is 46.5 Å². The van der Waals surface area contributed by atoms with Gasteiger partial charge in [-0.1, -0.05) is 42.0 Å². The van der Waals surface area contributed by atoms with Crippen molar-refractivity contribution >= 4 is 11.9 Å². The first-order chi connectivity index (χ1) is 13.4. The SMILES string of the molecule is Cc1ccc(CC2(NC(=O)c3cccc(-c4cc(C)nc(N)n4)c3)CC2)cc1. The number of aromatic nitrogens is 2. The van der Waals surface area contributed by atoms with Crippen LogP contribution in [0.2, 0.25) is 0 Å². The molecule has 4 rings (SSSR count). The maximum Gasteiger partial charge on any atom is 0.251 e. The maximum absolute atomic E-state index is 12.9. The van der Waals surface area contributed by atoms with Crippen LogP contribution in [-0.2, 0) is 6.42 Å². The molecule has 3 aromatic rings. The number of rotatable bonds is 5. The van der Waals surface area contributed by atoms with Gasteiger partial charge in [0.05, 0.1) is 5.69 Å². The lowest BCUT2D eigenvalue weighted by molar-refractivity contribution is 0.0931. The van der Waals surface area contributed by atoms with E-state index in [-0.39, 0.29) is 17.4 Å². The lowest BCUT2D eigenvalue weighted by Gasteiger charge is -2.18. The van der Waals surface area contributed by atoms with Crippen molar-refractivity contribution in [2.75, 3.05) is 5.73 Å². The molecule has 0 bridgehead atoms. The van der Waals surface area contributed by atoms with Gasteiger partial charge in [0.25, 0.3) is 5.91 Å². The van der Waals surface area contributed by atoms with Crippen molar-refractivity contribution in [3.8, 4) is 11.3 Å². The summed E-state index contributed by atoms with van der Waals surface area (Å²) in [5, 5.41) is 3.25. The van der Waals surface area contributed by atoms with Crippen LogP contribution >= 0.6 is 0 Å². The Hall–Kier alpha value is -3.21. The molecule has 5 heteroatoms. The topological polar surface area (TPSA) is 80.9 Å². The molecule has 0 saturated heterocycles. The van der Waals surface area contributed by atoms with E-state index in [9.17, 15) is 4.79 Å². The van der Waals surface area contributed by atoms with E-state index >= 15 is 0 Å². The Labute approximate surface area is 165 Å². The van der Waals surface area contributed by atoms with Gasteiger partial charge in [-0.05, 0) is 56.9 Å². The summed E-state index contributed by atoms with van der Waals surface area (Å²) < 4.78 is 0. The Bertz CT molecular complexity index is 1000. The summed E-state index contributed by atoms with van der Waals surface area (Å²) >= 11 is 0. The van der Waals surface area contributed by atoms with Crippen LogP contribution in [0.15, 0.2) is 54.6 Å². The summed E-state index contributed by atoms with van der Waals surface area (Å²) in [5.74, 6) is 0.185. The number of benzene rings is 2. The number of nitrogens with one attached hydrogen (secondary N) is 1. The maximum atomic E-state index is 12.9. The van der Waals surface area contributed by atoms with Gasteiger partial charge in [-0.3, -0.25) is 4.79 Å². The fourth-order valence-electron chi connectivity index (χ4n) is 3.47. The quantitative estimate of drug-likeness (QED) is 0.713. The van der Waals surface area contributed by atoms with Crippen molar-refractivity contribution < 1.29 is 4.79 Å². The fraction of sp³-hybridized carbons (Fsp3) is 0.261. The third kappa shape index (κ3) is 4.03. The van der Waals surface area contributed by atoms with Crippen LogP contribution in [0.1, 0.15) is 40.0 Å². The molecule has 142 valence electrons. The summed E-state index contributed by atoms with van der Waals surface area (Å²) in [6, 6.07) is 17.9. The number of aryl methyl sites for hydroxylation is 2. The van der Waals surface area contributed by atoms with E-state index in [0.717, 1.165) is 36.2 Å². The summed E-state index contributed by atoms with van der Waals surface area (Å²) in [5.41, 5.74) is 11.1. The standard InChI is InChI=1S/C23H24N4O/c1-15-6-8-17(9-7-15)14-23(10-11-23)27-21(28)19-5-3-4-18(13-19)20-12-16(2)25-22(24)26-20/h3-9,12-13H,10-11,14H2,1-2H3,(H,27,28)(H2,24,25,26). The van der Waals surface area contributed by atoms with Crippen LogP contribution in [0.4, 0.5) is 5.95 Å². The molecule has 1 amide bonds.